The van der Waals surface area contributed by atoms with Crippen LogP contribution in [-0.4, -0.2) is 57.3 Å². The maximum Gasteiger partial charge on any atom is 0.397 e. The van der Waals surface area contributed by atoms with Gasteiger partial charge in [0.25, 0.3) is 0 Å². The predicted molar refractivity (Wildman–Crippen MR) is 118 cm³/mol. The van der Waals surface area contributed by atoms with E-state index in [9.17, 15) is 28.0 Å². The largest absolute Gasteiger partial charge is 0.397 e. The van der Waals surface area contributed by atoms with E-state index in [0.29, 0.717) is 30.3 Å². The summed E-state index contributed by atoms with van der Waals surface area (Å²) >= 11 is 0. The molecule has 2 aromatic rings. The summed E-state index contributed by atoms with van der Waals surface area (Å²) in [6.45, 7) is 0.895. The number of carbonyl (C=O) groups is 2. The van der Waals surface area contributed by atoms with Gasteiger partial charge in [0, 0.05) is 62.3 Å². The number of halogens is 3. The van der Waals surface area contributed by atoms with Crippen molar-refractivity contribution < 1.29 is 22.8 Å². The van der Waals surface area contributed by atoms with E-state index in [0.717, 1.165) is 18.5 Å². The van der Waals surface area contributed by atoms with Gasteiger partial charge in [-0.15, -0.1) is 0 Å². The second-order valence-corrected chi connectivity index (χ2v) is 9.45. The molecule has 2 aromatic heterocycles. The molecule has 0 bridgehead atoms. The zero-order valence-electron chi connectivity index (χ0n) is 19.0. The number of nitriles is 1. The van der Waals surface area contributed by atoms with E-state index >= 15 is 0 Å². The minimum atomic E-state index is -4.51. The van der Waals surface area contributed by atoms with E-state index < -0.39 is 23.9 Å². The highest BCUT2D eigenvalue weighted by Crippen LogP contribution is 2.52. The summed E-state index contributed by atoms with van der Waals surface area (Å²) in [6, 6.07) is 7.52. The topological polar surface area (TPSA) is 107 Å². The highest BCUT2D eigenvalue weighted by atomic mass is 19.4. The number of hydrogen-bond acceptors (Lipinski definition) is 6. The first-order valence-electron chi connectivity index (χ1n) is 11.4. The van der Waals surface area contributed by atoms with E-state index in [1.807, 2.05) is 0 Å². The molecule has 1 atom stereocenters. The van der Waals surface area contributed by atoms with Crippen LogP contribution in [0, 0.1) is 22.7 Å². The molecule has 0 unspecified atom stereocenters. The number of pyridine rings is 1. The highest BCUT2D eigenvalue weighted by molar-refractivity contribution is 6.02. The van der Waals surface area contributed by atoms with E-state index in [1.54, 1.807) is 41.0 Å². The normalized spacial score (nSPS) is 22.8. The summed E-state index contributed by atoms with van der Waals surface area (Å²) < 4.78 is 39.0. The minimum absolute atomic E-state index is 0.108. The monoisotopic (exact) mass is 487 g/mol. The number of alkyl halides is 3. The Morgan fingerprint density at radius 1 is 1.29 bits per heavy atom. The zero-order valence-corrected chi connectivity index (χ0v) is 19.0. The van der Waals surface area contributed by atoms with Gasteiger partial charge in [0.15, 0.2) is 5.82 Å². The fourth-order valence-corrected chi connectivity index (χ4v) is 5.00. The number of aromatic nitrogens is 3. The van der Waals surface area contributed by atoms with Crippen molar-refractivity contribution >= 4 is 29.1 Å². The van der Waals surface area contributed by atoms with Crippen molar-refractivity contribution in [3.63, 3.8) is 0 Å². The van der Waals surface area contributed by atoms with Crippen LogP contribution in [0.3, 0.4) is 0 Å². The molecule has 9 nitrogen and oxygen atoms in total. The average molecular weight is 487 g/mol. The molecule has 2 aliphatic heterocycles. The van der Waals surface area contributed by atoms with Gasteiger partial charge >= 0.3 is 6.18 Å². The third-order valence-electron chi connectivity index (χ3n) is 7.06. The Balaban J connectivity index is 1.24. The van der Waals surface area contributed by atoms with Crippen LogP contribution >= 0.6 is 0 Å². The second kappa shape index (κ2) is 8.25. The summed E-state index contributed by atoms with van der Waals surface area (Å²) in [4.78, 5) is 31.9. The van der Waals surface area contributed by atoms with Crippen LogP contribution in [0.25, 0.3) is 0 Å². The first-order valence-corrected chi connectivity index (χ1v) is 11.4. The summed E-state index contributed by atoms with van der Waals surface area (Å²) in [6.07, 6.45) is -2.04. The molecule has 2 saturated heterocycles. The molecule has 4 heterocycles. The number of likely N-dealkylation sites (tertiary alicyclic amines) is 1. The van der Waals surface area contributed by atoms with E-state index in [2.05, 4.69) is 21.5 Å². The first-order chi connectivity index (χ1) is 16.6. The summed E-state index contributed by atoms with van der Waals surface area (Å²) in [5, 5.41) is 17.2. The Kier molecular flexibility index (Phi) is 5.45. The molecule has 1 saturated carbocycles. The number of nitrogens with one attached hydrogen (secondary N) is 1. The molecule has 35 heavy (non-hydrogen) atoms. The Hall–Kier alpha value is -3.62. The Morgan fingerprint density at radius 3 is 2.69 bits per heavy atom. The van der Waals surface area contributed by atoms with Crippen LogP contribution in [0.4, 0.5) is 30.5 Å². The molecule has 0 spiro atoms. The molecular formula is C23H24F3N7O2. The van der Waals surface area contributed by atoms with Crippen molar-refractivity contribution in [2.24, 2.45) is 18.4 Å². The van der Waals surface area contributed by atoms with Gasteiger partial charge in [-0.1, -0.05) is 0 Å². The molecule has 5 rings (SSSR count). The Morgan fingerprint density at radius 2 is 2.03 bits per heavy atom. The molecule has 3 aliphatic rings. The van der Waals surface area contributed by atoms with Gasteiger partial charge in [-0.25, -0.2) is 4.98 Å². The fraction of sp³-hybridized carbons (Fsp3) is 0.522. The van der Waals surface area contributed by atoms with Gasteiger partial charge < -0.3 is 15.1 Å². The van der Waals surface area contributed by atoms with Gasteiger partial charge in [-0.3, -0.25) is 14.3 Å². The average Bonchev–Trinajstić information content (AvgIpc) is 3.46. The van der Waals surface area contributed by atoms with Crippen molar-refractivity contribution in [2.75, 3.05) is 29.9 Å². The maximum absolute atomic E-state index is 13.1. The van der Waals surface area contributed by atoms with Crippen LogP contribution in [-0.2, 0) is 16.6 Å². The quantitative estimate of drug-likeness (QED) is 0.671. The van der Waals surface area contributed by atoms with Crippen LogP contribution in [0.1, 0.15) is 37.3 Å². The van der Waals surface area contributed by atoms with Crippen LogP contribution in [0.5, 0.6) is 0 Å². The Labute approximate surface area is 199 Å². The standard InChI is InChI=1S/C23H24F3N7O2/c1-31-17(14-11-32(12-14)20(34)10-23(24,25)26)9-19(30-31)29-18-8-16(4-6-28-18)33-7-5-22(13-27,21(33)35)15-2-3-15/h4,6,8-9,14-15H,2-3,5,7,10-12H2,1H3,(H,28,29,30)/t22-/m1/s1. The second-order valence-electron chi connectivity index (χ2n) is 9.45. The number of nitrogens with zero attached hydrogens (tertiary/aromatic N) is 6. The molecule has 1 aliphatic carbocycles. The lowest BCUT2D eigenvalue weighted by Crippen LogP contribution is -2.50. The highest BCUT2D eigenvalue weighted by Gasteiger charge is 2.56. The van der Waals surface area contributed by atoms with Crippen LogP contribution in [0.15, 0.2) is 24.4 Å². The third kappa shape index (κ3) is 4.31. The lowest BCUT2D eigenvalue weighted by atomic mass is 9.83. The van der Waals surface area contributed by atoms with E-state index in [-0.39, 0.29) is 30.8 Å². The number of amides is 2. The number of hydrogen-bond donors (Lipinski definition) is 1. The van der Waals surface area contributed by atoms with Crippen molar-refractivity contribution in [3.8, 4) is 6.07 Å². The molecule has 3 fully saturated rings. The van der Waals surface area contributed by atoms with E-state index in [4.69, 9.17) is 0 Å². The number of carbonyl (C=O) groups excluding carboxylic acids is 2. The smallest absolute Gasteiger partial charge is 0.341 e. The molecular weight excluding hydrogens is 463 g/mol. The van der Waals surface area contributed by atoms with Crippen molar-refractivity contribution in [3.05, 3.63) is 30.1 Å². The molecule has 2 amide bonds. The summed E-state index contributed by atoms with van der Waals surface area (Å²) in [5.41, 5.74) is 0.516. The van der Waals surface area contributed by atoms with Gasteiger partial charge in [0.2, 0.25) is 11.8 Å². The van der Waals surface area contributed by atoms with E-state index in [1.165, 1.54) is 4.90 Å². The molecule has 12 heteroatoms. The van der Waals surface area contributed by atoms with Gasteiger partial charge in [0.05, 0.1) is 6.07 Å². The number of anilines is 3. The van der Waals surface area contributed by atoms with Crippen molar-refractivity contribution in [1.29, 1.82) is 5.26 Å². The zero-order chi connectivity index (χ0) is 25.0. The fourth-order valence-electron chi connectivity index (χ4n) is 5.00. The summed E-state index contributed by atoms with van der Waals surface area (Å²) in [5.74, 6) is -0.0881. The number of aryl methyl sites for hydroxylation is 1. The lowest BCUT2D eigenvalue weighted by Gasteiger charge is -2.39. The predicted octanol–water partition coefficient (Wildman–Crippen LogP) is 3.09. The number of rotatable bonds is 6. The lowest BCUT2D eigenvalue weighted by molar-refractivity contribution is -0.164. The first kappa shape index (κ1) is 23.1. The van der Waals surface area contributed by atoms with Gasteiger partial charge in [-0.05, 0) is 31.2 Å². The Bertz CT molecular complexity index is 1210. The van der Waals surface area contributed by atoms with Gasteiger partial charge in [0.1, 0.15) is 17.7 Å². The van der Waals surface area contributed by atoms with Crippen LogP contribution < -0.4 is 10.2 Å². The van der Waals surface area contributed by atoms with Crippen LogP contribution in [0.2, 0.25) is 0 Å². The minimum Gasteiger partial charge on any atom is -0.341 e. The molecule has 0 aromatic carbocycles. The van der Waals surface area contributed by atoms with Gasteiger partial charge in [-0.2, -0.15) is 23.5 Å². The van der Waals surface area contributed by atoms with Crippen molar-refractivity contribution in [1.82, 2.24) is 19.7 Å². The summed E-state index contributed by atoms with van der Waals surface area (Å²) in [7, 11) is 1.73. The van der Waals surface area contributed by atoms with Crippen molar-refractivity contribution in [2.45, 2.75) is 37.8 Å². The third-order valence-corrected chi connectivity index (χ3v) is 7.06. The SMILES string of the molecule is Cn1nc(Nc2cc(N3CC[C@@](C#N)(C4CC4)C3=O)ccn2)cc1C1CN(C(=O)CC(F)(F)F)C1. The molecule has 184 valence electrons. The molecule has 0 radical (unpaired) electrons. The maximum atomic E-state index is 13.1. The molecule has 1 N–H and O–H groups in total.